The fourth-order valence-electron chi connectivity index (χ4n) is 4.82. The van der Waals surface area contributed by atoms with Gasteiger partial charge in [0.1, 0.15) is 12.2 Å². The quantitative estimate of drug-likeness (QED) is 0.721. The highest BCUT2D eigenvalue weighted by Crippen LogP contribution is 2.41. The molecule has 156 valence electrons. The van der Waals surface area contributed by atoms with E-state index in [0.29, 0.717) is 12.5 Å². The minimum atomic E-state index is -0.0323. The van der Waals surface area contributed by atoms with E-state index in [4.69, 9.17) is 4.74 Å². The lowest BCUT2D eigenvalue weighted by Gasteiger charge is -2.54. The van der Waals surface area contributed by atoms with Gasteiger partial charge in [0.05, 0.1) is 25.7 Å². The molecule has 1 aromatic heterocycles. The fourth-order valence-corrected chi connectivity index (χ4v) is 4.82. The number of aryl methyl sites for hydroxylation is 1. The van der Waals surface area contributed by atoms with Crippen LogP contribution in [0.4, 0.5) is 0 Å². The zero-order valence-corrected chi connectivity index (χ0v) is 17.5. The van der Waals surface area contributed by atoms with Crippen molar-refractivity contribution >= 4 is 5.91 Å². The van der Waals surface area contributed by atoms with E-state index in [1.807, 2.05) is 9.58 Å². The number of likely N-dealkylation sites (N-methyl/N-ethyl adjacent to an activating group) is 1. The minimum absolute atomic E-state index is 0.0323. The van der Waals surface area contributed by atoms with Crippen molar-refractivity contribution in [3.8, 4) is 0 Å². The van der Waals surface area contributed by atoms with Gasteiger partial charge in [-0.15, -0.1) is 0 Å². The maximum atomic E-state index is 12.8. The summed E-state index contributed by atoms with van der Waals surface area (Å²) in [4.78, 5) is 24.0. The molecule has 1 amide bonds. The first-order valence-electron chi connectivity index (χ1n) is 10.7. The van der Waals surface area contributed by atoms with Crippen LogP contribution in [0.25, 0.3) is 0 Å². The van der Waals surface area contributed by atoms with E-state index in [1.165, 1.54) is 19.3 Å². The number of nitrogens with zero attached hydrogens (tertiary/aromatic N) is 6. The van der Waals surface area contributed by atoms with E-state index < -0.39 is 0 Å². The summed E-state index contributed by atoms with van der Waals surface area (Å²) in [5, 5.41) is 4.32. The first-order chi connectivity index (χ1) is 13.5. The van der Waals surface area contributed by atoms with E-state index >= 15 is 0 Å². The van der Waals surface area contributed by atoms with Crippen molar-refractivity contribution in [1.29, 1.82) is 0 Å². The maximum Gasteiger partial charge on any atom is 0.225 e. The molecule has 3 heterocycles. The Kier molecular flexibility index (Phi) is 5.71. The molecule has 8 nitrogen and oxygen atoms in total. The second-order valence-electron chi connectivity index (χ2n) is 8.83. The zero-order valence-electron chi connectivity index (χ0n) is 17.5. The summed E-state index contributed by atoms with van der Waals surface area (Å²) in [6.45, 7) is 6.94. The lowest BCUT2D eigenvalue weighted by molar-refractivity contribution is -0.158. The highest BCUT2D eigenvalue weighted by Gasteiger charge is 2.47. The van der Waals surface area contributed by atoms with Gasteiger partial charge >= 0.3 is 0 Å². The van der Waals surface area contributed by atoms with Crippen LogP contribution in [0, 0.1) is 0 Å². The maximum absolute atomic E-state index is 12.8. The summed E-state index contributed by atoms with van der Waals surface area (Å²) in [6.07, 6.45) is 6.75. The summed E-state index contributed by atoms with van der Waals surface area (Å²) in [6, 6.07) is 0.478. The van der Waals surface area contributed by atoms with Crippen LogP contribution < -0.4 is 0 Å². The van der Waals surface area contributed by atoms with Gasteiger partial charge in [-0.3, -0.25) is 9.69 Å². The van der Waals surface area contributed by atoms with Gasteiger partial charge in [0.2, 0.25) is 5.91 Å². The Morgan fingerprint density at radius 1 is 1.36 bits per heavy atom. The second kappa shape index (κ2) is 8.08. The normalized spacial score (nSPS) is 27.5. The fraction of sp³-hybridized carbons (Fsp3) is 0.850. The smallest absolute Gasteiger partial charge is 0.225 e. The number of carbonyl (C=O) groups is 1. The van der Waals surface area contributed by atoms with Crippen LogP contribution in [-0.4, -0.2) is 93.4 Å². The molecule has 1 saturated carbocycles. The lowest BCUT2D eigenvalue weighted by Crippen LogP contribution is -2.63. The summed E-state index contributed by atoms with van der Waals surface area (Å²) < 4.78 is 8.17. The topological polar surface area (TPSA) is 66.7 Å². The predicted octanol–water partition coefficient (Wildman–Crippen LogP) is 0.974. The Hall–Kier alpha value is -1.51. The summed E-state index contributed by atoms with van der Waals surface area (Å²) in [7, 11) is 4.18. The molecule has 1 spiro atoms. The largest absolute Gasteiger partial charge is 0.374 e. The van der Waals surface area contributed by atoms with Crippen molar-refractivity contribution in [2.75, 3.05) is 40.3 Å². The minimum Gasteiger partial charge on any atom is -0.374 e. The molecular weight excluding hydrogens is 356 g/mol. The first-order valence-corrected chi connectivity index (χ1v) is 10.7. The average Bonchev–Trinajstić information content (AvgIpc) is 3.30. The van der Waals surface area contributed by atoms with Crippen LogP contribution in [0.15, 0.2) is 6.33 Å². The van der Waals surface area contributed by atoms with Crippen LogP contribution in [0.3, 0.4) is 0 Å². The van der Waals surface area contributed by atoms with Gasteiger partial charge in [0.15, 0.2) is 0 Å². The third-order valence-electron chi connectivity index (χ3n) is 6.94. The van der Waals surface area contributed by atoms with Gasteiger partial charge in [-0.25, -0.2) is 9.67 Å². The SMILES string of the molecule is CCn1ncnc1CN1CC(CC(=O)N2CC[C@@H](N(C)C)C2)OCC12CCC2. The van der Waals surface area contributed by atoms with E-state index in [0.717, 1.165) is 51.6 Å². The number of hydrogen-bond acceptors (Lipinski definition) is 6. The molecule has 1 unspecified atom stereocenters. The van der Waals surface area contributed by atoms with Gasteiger partial charge in [0.25, 0.3) is 0 Å². The molecule has 1 aliphatic carbocycles. The third kappa shape index (κ3) is 3.82. The van der Waals surface area contributed by atoms with Crippen molar-refractivity contribution in [2.45, 2.75) is 69.8 Å². The van der Waals surface area contributed by atoms with Crippen molar-refractivity contribution in [1.82, 2.24) is 29.5 Å². The molecule has 3 fully saturated rings. The molecule has 0 radical (unpaired) electrons. The third-order valence-corrected chi connectivity index (χ3v) is 6.94. The molecular formula is C20H34N6O2. The Bertz CT molecular complexity index is 686. The zero-order chi connectivity index (χ0) is 19.7. The van der Waals surface area contributed by atoms with E-state index in [-0.39, 0.29) is 17.6 Å². The molecule has 2 atom stereocenters. The molecule has 1 aromatic rings. The number of amides is 1. The molecule has 4 rings (SSSR count). The number of aromatic nitrogens is 3. The first kappa shape index (κ1) is 19.8. The highest BCUT2D eigenvalue weighted by molar-refractivity contribution is 5.77. The van der Waals surface area contributed by atoms with Crippen LogP contribution in [0.1, 0.15) is 44.9 Å². The Labute approximate surface area is 167 Å². The van der Waals surface area contributed by atoms with Crippen molar-refractivity contribution < 1.29 is 9.53 Å². The van der Waals surface area contributed by atoms with Crippen LogP contribution in [-0.2, 0) is 22.6 Å². The van der Waals surface area contributed by atoms with Crippen molar-refractivity contribution in [3.63, 3.8) is 0 Å². The van der Waals surface area contributed by atoms with Gasteiger partial charge in [-0.1, -0.05) is 0 Å². The van der Waals surface area contributed by atoms with Gasteiger partial charge in [-0.2, -0.15) is 5.10 Å². The molecule has 8 heteroatoms. The summed E-state index contributed by atoms with van der Waals surface area (Å²) >= 11 is 0. The second-order valence-corrected chi connectivity index (χ2v) is 8.83. The van der Waals surface area contributed by atoms with Crippen molar-refractivity contribution in [2.24, 2.45) is 0 Å². The Balaban J connectivity index is 1.38. The number of ether oxygens (including phenoxy) is 1. The molecule has 0 N–H and O–H groups in total. The van der Waals surface area contributed by atoms with Gasteiger partial charge in [0, 0.05) is 37.8 Å². The number of carbonyl (C=O) groups excluding carboxylic acids is 1. The Morgan fingerprint density at radius 3 is 2.82 bits per heavy atom. The summed E-state index contributed by atoms with van der Waals surface area (Å²) in [5.74, 6) is 1.24. The number of rotatable bonds is 6. The summed E-state index contributed by atoms with van der Waals surface area (Å²) in [5.41, 5.74) is 0.133. The lowest BCUT2D eigenvalue weighted by atomic mass is 9.74. The van der Waals surface area contributed by atoms with Gasteiger partial charge < -0.3 is 14.5 Å². The molecule has 0 aromatic carbocycles. The monoisotopic (exact) mass is 390 g/mol. The van der Waals surface area contributed by atoms with Crippen LogP contribution in [0.5, 0.6) is 0 Å². The number of likely N-dealkylation sites (tertiary alicyclic amines) is 1. The van der Waals surface area contributed by atoms with Crippen LogP contribution in [0.2, 0.25) is 0 Å². The van der Waals surface area contributed by atoms with Gasteiger partial charge in [-0.05, 0) is 46.7 Å². The number of morpholine rings is 1. The van der Waals surface area contributed by atoms with E-state index in [9.17, 15) is 4.79 Å². The Morgan fingerprint density at radius 2 is 2.18 bits per heavy atom. The average molecular weight is 391 g/mol. The highest BCUT2D eigenvalue weighted by atomic mass is 16.5. The van der Waals surface area contributed by atoms with E-state index in [2.05, 4.69) is 40.9 Å². The molecule has 3 aliphatic rings. The number of hydrogen-bond donors (Lipinski definition) is 0. The molecule has 2 aliphatic heterocycles. The van der Waals surface area contributed by atoms with Crippen LogP contribution >= 0.6 is 0 Å². The van der Waals surface area contributed by atoms with E-state index in [1.54, 1.807) is 6.33 Å². The van der Waals surface area contributed by atoms with Crippen molar-refractivity contribution in [3.05, 3.63) is 12.2 Å². The molecule has 28 heavy (non-hydrogen) atoms. The molecule has 0 bridgehead atoms. The molecule has 2 saturated heterocycles. The standard InChI is InChI=1S/C20H34N6O2/c1-4-26-18(21-15-22-26)13-25-12-17(28-14-20(25)7-5-8-20)10-19(27)24-9-6-16(11-24)23(2)3/h15-17H,4-14H2,1-3H3/t16-,17?/m1/s1. The predicted molar refractivity (Wildman–Crippen MR) is 106 cm³/mol.